The van der Waals surface area contributed by atoms with Crippen molar-refractivity contribution in [2.75, 3.05) is 60.2 Å². The fourth-order valence-corrected chi connectivity index (χ4v) is 6.01. The quantitative estimate of drug-likeness (QED) is 0.341. The second-order valence-corrected chi connectivity index (χ2v) is 11.1. The van der Waals surface area contributed by atoms with Crippen molar-refractivity contribution in [1.82, 2.24) is 14.8 Å². The molecule has 2 aliphatic heterocycles. The lowest BCUT2D eigenvalue weighted by molar-refractivity contribution is -0.133. The van der Waals surface area contributed by atoms with Gasteiger partial charge in [0, 0.05) is 48.7 Å². The third-order valence-corrected chi connectivity index (χ3v) is 8.47. The minimum atomic E-state index is -0.475. The molecule has 1 atom stereocenters. The van der Waals surface area contributed by atoms with Gasteiger partial charge in [-0.3, -0.25) is 14.5 Å². The maximum atomic E-state index is 14.1. The Labute approximate surface area is 248 Å². The third kappa shape index (κ3) is 6.73. The molecule has 2 aliphatic rings. The Morgan fingerprint density at radius 3 is 2.61 bits per heavy atom. The van der Waals surface area contributed by atoms with Crippen LogP contribution in [0.2, 0.25) is 5.02 Å². The van der Waals surface area contributed by atoms with E-state index < -0.39 is 6.04 Å². The summed E-state index contributed by atoms with van der Waals surface area (Å²) in [4.78, 5) is 32.1. The van der Waals surface area contributed by atoms with Crippen LogP contribution in [-0.2, 0) is 9.53 Å². The van der Waals surface area contributed by atoms with Crippen molar-refractivity contribution >= 4 is 40.5 Å². The van der Waals surface area contributed by atoms with Crippen molar-refractivity contribution in [3.8, 4) is 11.5 Å². The molecule has 2 aromatic carbocycles. The average Bonchev–Trinajstić information content (AvgIpc) is 3.70. The van der Waals surface area contributed by atoms with Gasteiger partial charge in [-0.2, -0.15) is 5.10 Å². The molecule has 2 amide bonds. The zero-order valence-corrected chi connectivity index (χ0v) is 24.7. The summed E-state index contributed by atoms with van der Waals surface area (Å²) in [6.45, 7) is 3.85. The fraction of sp³-hybridized carbons (Fsp3) is 0.367. The lowest BCUT2D eigenvalue weighted by Crippen LogP contribution is -2.46. The van der Waals surface area contributed by atoms with Gasteiger partial charge in [-0.15, -0.1) is 11.3 Å². The zero-order valence-electron chi connectivity index (χ0n) is 23.1. The second kappa shape index (κ2) is 13.5. The van der Waals surface area contributed by atoms with Crippen LogP contribution in [0.5, 0.6) is 11.5 Å². The van der Waals surface area contributed by atoms with E-state index in [0.717, 1.165) is 24.2 Å². The van der Waals surface area contributed by atoms with Crippen LogP contribution in [-0.4, -0.2) is 92.5 Å². The predicted octanol–water partition coefficient (Wildman–Crippen LogP) is 4.57. The Morgan fingerprint density at radius 1 is 1.10 bits per heavy atom. The minimum Gasteiger partial charge on any atom is -0.497 e. The van der Waals surface area contributed by atoms with Crippen molar-refractivity contribution in [2.24, 2.45) is 5.10 Å². The van der Waals surface area contributed by atoms with Crippen LogP contribution in [0.3, 0.4) is 0 Å². The molecule has 9 nitrogen and oxygen atoms in total. The first-order valence-corrected chi connectivity index (χ1v) is 14.7. The van der Waals surface area contributed by atoms with Crippen molar-refractivity contribution in [3.05, 3.63) is 81.0 Å². The molecule has 1 saturated heterocycles. The van der Waals surface area contributed by atoms with Gasteiger partial charge in [-0.1, -0.05) is 35.9 Å². The highest BCUT2D eigenvalue weighted by Crippen LogP contribution is 2.40. The Morgan fingerprint density at radius 2 is 1.90 bits per heavy atom. The number of rotatable bonds is 10. The number of methoxy groups -OCH3 is 2. The predicted molar refractivity (Wildman–Crippen MR) is 159 cm³/mol. The number of carbonyl (C=O) groups excluding carboxylic acids is 2. The number of hydrogen-bond acceptors (Lipinski definition) is 8. The minimum absolute atomic E-state index is 0.122. The van der Waals surface area contributed by atoms with Crippen molar-refractivity contribution in [2.45, 2.75) is 12.5 Å². The number of carbonyl (C=O) groups is 2. The molecule has 1 aromatic heterocycles. The summed E-state index contributed by atoms with van der Waals surface area (Å²) < 4.78 is 16.6. The lowest BCUT2D eigenvalue weighted by Gasteiger charge is -2.31. The van der Waals surface area contributed by atoms with Gasteiger partial charge in [-0.05, 0) is 35.7 Å². The van der Waals surface area contributed by atoms with Gasteiger partial charge < -0.3 is 19.1 Å². The van der Waals surface area contributed by atoms with Gasteiger partial charge in [0.1, 0.15) is 18.0 Å². The number of nitrogens with zero attached hydrogens (tertiary/aromatic N) is 4. The van der Waals surface area contributed by atoms with E-state index in [4.69, 9.17) is 30.9 Å². The summed E-state index contributed by atoms with van der Waals surface area (Å²) >= 11 is 7.90. The monoisotopic (exact) mass is 596 g/mol. The van der Waals surface area contributed by atoms with E-state index in [-0.39, 0.29) is 18.4 Å². The van der Waals surface area contributed by atoms with Gasteiger partial charge in [0.15, 0.2) is 0 Å². The summed E-state index contributed by atoms with van der Waals surface area (Å²) in [5, 5.41) is 8.68. The Hall–Kier alpha value is -3.44. The first kappa shape index (κ1) is 29.1. The highest BCUT2D eigenvalue weighted by molar-refractivity contribution is 7.12. The summed E-state index contributed by atoms with van der Waals surface area (Å²) in [5.41, 5.74) is 2.20. The molecule has 11 heteroatoms. The Balaban J connectivity index is 1.46. The van der Waals surface area contributed by atoms with Gasteiger partial charge in [-0.25, -0.2) is 5.01 Å². The highest BCUT2D eigenvalue weighted by Gasteiger charge is 2.37. The number of hydrazone groups is 1. The number of ether oxygens (including phenoxy) is 3. The second-order valence-electron chi connectivity index (χ2n) is 9.75. The largest absolute Gasteiger partial charge is 0.497 e. The smallest absolute Gasteiger partial charge is 0.264 e. The van der Waals surface area contributed by atoms with E-state index in [2.05, 4.69) is 4.90 Å². The maximum Gasteiger partial charge on any atom is 0.264 e. The van der Waals surface area contributed by atoms with Crippen LogP contribution in [0.1, 0.15) is 33.3 Å². The molecule has 0 spiro atoms. The first-order chi connectivity index (χ1) is 20.0. The number of benzene rings is 2. The molecule has 0 bridgehead atoms. The molecule has 5 rings (SSSR count). The molecule has 0 unspecified atom stereocenters. The molecule has 0 aliphatic carbocycles. The normalized spacial score (nSPS) is 17.3. The first-order valence-electron chi connectivity index (χ1n) is 13.5. The van der Waals surface area contributed by atoms with Crippen molar-refractivity contribution < 1.29 is 23.8 Å². The average molecular weight is 597 g/mol. The van der Waals surface area contributed by atoms with Crippen LogP contribution < -0.4 is 9.47 Å². The van der Waals surface area contributed by atoms with Crippen LogP contribution in [0.15, 0.2) is 65.1 Å². The molecule has 1 fully saturated rings. The summed E-state index contributed by atoms with van der Waals surface area (Å²) in [6.07, 6.45) is 0.422. The lowest BCUT2D eigenvalue weighted by atomic mass is 9.97. The SMILES string of the molecule is COc1ccc(OC)c([C@@H]2CC(c3ccccc3Cl)=NN2C(=O)CN(CCN2CCOCC2)C(=O)c2cccs2)c1. The summed E-state index contributed by atoms with van der Waals surface area (Å²) in [5.74, 6) is 0.780. The molecule has 216 valence electrons. The molecule has 3 aromatic rings. The van der Waals surface area contributed by atoms with E-state index in [1.165, 1.54) is 16.3 Å². The van der Waals surface area contributed by atoms with Gasteiger partial charge in [0.2, 0.25) is 0 Å². The summed E-state index contributed by atoms with van der Waals surface area (Å²) in [7, 11) is 3.19. The van der Waals surface area contributed by atoms with Crippen LogP contribution in [0, 0.1) is 0 Å². The van der Waals surface area contributed by atoms with Crippen LogP contribution in [0.25, 0.3) is 0 Å². The molecule has 0 radical (unpaired) electrons. The molecule has 0 N–H and O–H groups in total. The van der Waals surface area contributed by atoms with Gasteiger partial charge in [0.05, 0.1) is 44.1 Å². The number of thiophene rings is 1. The van der Waals surface area contributed by atoms with E-state index >= 15 is 0 Å². The molecule has 41 heavy (non-hydrogen) atoms. The van der Waals surface area contributed by atoms with E-state index in [1.807, 2.05) is 47.8 Å². The number of hydrogen-bond donors (Lipinski definition) is 0. The number of morpholine rings is 1. The van der Waals surface area contributed by atoms with Crippen LogP contribution in [0.4, 0.5) is 0 Å². The third-order valence-electron chi connectivity index (χ3n) is 7.28. The standard InChI is InChI=1S/C30H33ClN4O5S/c1-38-21-9-10-27(39-2)23(18-21)26-19-25(22-6-3-4-7-24(22)31)32-35(26)29(36)20-34(30(37)28-8-5-17-41-28)12-11-33-13-15-40-16-14-33/h3-10,17-18,26H,11-16,19-20H2,1-2H3/t26-/m0/s1. The number of amides is 2. The van der Waals surface area contributed by atoms with Gasteiger partial charge >= 0.3 is 0 Å². The van der Waals surface area contributed by atoms with Gasteiger partial charge in [0.25, 0.3) is 11.8 Å². The highest BCUT2D eigenvalue weighted by atomic mass is 35.5. The number of halogens is 1. The molecular weight excluding hydrogens is 564 g/mol. The molecule has 3 heterocycles. The maximum absolute atomic E-state index is 14.1. The molecule has 0 saturated carbocycles. The Kier molecular flexibility index (Phi) is 9.56. The molecular formula is C30H33ClN4O5S. The zero-order chi connectivity index (χ0) is 28.8. The van der Waals surface area contributed by atoms with Crippen molar-refractivity contribution in [3.63, 3.8) is 0 Å². The van der Waals surface area contributed by atoms with Crippen LogP contribution >= 0.6 is 22.9 Å². The fourth-order valence-electron chi connectivity index (χ4n) is 5.07. The van der Waals surface area contributed by atoms with E-state index in [0.29, 0.717) is 59.8 Å². The van der Waals surface area contributed by atoms with Crippen molar-refractivity contribution in [1.29, 1.82) is 0 Å². The Bertz CT molecular complexity index is 1390. The summed E-state index contributed by atoms with van der Waals surface area (Å²) in [6, 6.07) is 16.1. The van der Waals surface area contributed by atoms with E-state index in [9.17, 15) is 9.59 Å². The topological polar surface area (TPSA) is 83.9 Å². The van der Waals surface area contributed by atoms with E-state index in [1.54, 1.807) is 31.3 Å².